The minimum absolute atomic E-state index is 0.0708. The first kappa shape index (κ1) is 18.6. The predicted octanol–water partition coefficient (Wildman–Crippen LogP) is 5.38. The number of anilines is 1. The summed E-state index contributed by atoms with van der Waals surface area (Å²) in [6.07, 6.45) is 0.322. The van der Waals surface area contributed by atoms with E-state index >= 15 is 0 Å². The average molecular weight is 431 g/mol. The number of rotatable bonds is 5. The minimum atomic E-state index is -0.0708. The first-order valence-electron chi connectivity index (χ1n) is 8.13. The first-order chi connectivity index (χ1) is 12.5. The summed E-state index contributed by atoms with van der Waals surface area (Å²) in [6, 6.07) is 13.7. The second kappa shape index (κ2) is 8.01. The van der Waals surface area contributed by atoms with Crippen LogP contribution >= 0.6 is 27.3 Å². The Bertz CT molecular complexity index is 935. The Morgan fingerprint density at radius 2 is 1.92 bits per heavy atom. The van der Waals surface area contributed by atoms with Crippen molar-refractivity contribution >= 4 is 38.3 Å². The molecule has 4 nitrogen and oxygen atoms in total. The van der Waals surface area contributed by atoms with Gasteiger partial charge in [0.1, 0.15) is 5.75 Å². The maximum atomic E-state index is 12.3. The van der Waals surface area contributed by atoms with E-state index in [4.69, 9.17) is 4.74 Å². The molecule has 1 amide bonds. The lowest BCUT2D eigenvalue weighted by Gasteiger charge is -2.06. The van der Waals surface area contributed by atoms with Crippen molar-refractivity contribution in [2.75, 3.05) is 12.4 Å². The number of aryl methyl sites for hydroxylation is 2. The Labute approximate surface area is 165 Å². The number of benzene rings is 2. The van der Waals surface area contributed by atoms with Crippen LogP contribution in [0, 0.1) is 13.8 Å². The number of nitrogens with zero attached hydrogens (tertiary/aromatic N) is 1. The van der Waals surface area contributed by atoms with E-state index in [1.165, 1.54) is 11.3 Å². The highest BCUT2D eigenvalue weighted by molar-refractivity contribution is 9.10. The molecule has 0 aliphatic carbocycles. The summed E-state index contributed by atoms with van der Waals surface area (Å²) < 4.78 is 6.31. The third-order valence-electron chi connectivity index (χ3n) is 3.99. The van der Waals surface area contributed by atoms with Gasteiger partial charge in [-0.3, -0.25) is 4.79 Å². The van der Waals surface area contributed by atoms with E-state index in [-0.39, 0.29) is 5.91 Å². The van der Waals surface area contributed by atoms with Crippen LogP contribution in [0.25, 0.3) is 11.3 Å². The van der Waals surface area contributed by atoms with Crippen LogP contribution < -0.4 is 10.1 Å². The fourth-order valence-electron chi connectivity index (χ4n) is 2.69. The third-order valence-corrected chi connectivity index (χ3v) is 5.40. The maximum absolute atomic E-state index is 12.3. The third kappa shape index (κ3) is 4.31. The lowest BCUT2D eigenvalue weighted by atomic mass is 10.1. The molecule has 134 valence electrons. The predicted molar refractivity (Wildman–Crippen MR) is 110 cm³/mol. The highest BCUT2D eigenvalue weighted by Gasteiger charge is 2.13. The molecule has 0 aliphatic rings. The zero-order chi connectivity index (χ0) is 18.7. The fourth-order valence-corrected chi connectivity index (χ4v) is 3.81. The topological polar surface area (TPSA) is 51.2 Å². The summed E-state index contributed by atoms with van der Waals surface area (Å²) in [5.41, 5.74) is 3.92. The maximum Gasteiger partial charge on any atom is 0.230 e. The van der Waals surface area contributed by atoms with Gasteiger partial charge in [-0.2, -0.15) is 0 Å². The van der Waals surface area contributed by atoms with Gasteiger partial charge in [0.15, 0.2) is 5.13 Å². The van der Waals surface area contributed by atoms with Gasteiger partial charge in [-0.05, 0) is 55.3 Å². The molecular formula is C20H19BrN2O2S. The molecule has 0 saturated heterocycles. The van der Waals surface area contributed by atoms with Crippen molar-refractivity contribution in [1.82, 2.24) is 4.98 Å². The number of aromatic nitrogens is 1. The monoisotopic (exact) mass is 430 g/mol. The van der Waals surface area contributed by atoms with Crippen LogP contribution in [0.4, 0.5) is 5.13 Å². The van der Waals surface area contributed by atoms with Gasteiger partial charge in [0.25, 0.3) is 0 Å². The van der Waals surface area contributed by atoms with Crippen molar-refractivity contribution in [1.29, 1.82) is 0 Å². The molecule has 0 saturated carbocycles. The lowest BCUT2D eigenvalue weighted by Crippen LogP contribution is -2.14. The second-order valence-corrected chi connectivity index (χ2v) is 8.08. The molecule has 1 aromatic heterocycles. The molecule has 0 unspecified atom stereocenters. The van der Waals surface area contributed by atoms with Gasteiger partial charge in [0.2, 0.25) is 5.91 Å². The Hall–Kier alpha value is -2.18. The summed E-state index contributed by atoms with van der Waals surface area (Å²) in [6.45, 7) is 4.02. The summed E-state index contributed by atoms with van der Waals surface area (Å²) >= 11 is 4.88. The van der Waals surface area contributed by atoms with Crippen molar-refractivity contribution in [2.45, 2.75) is 20.3 Å². The molecule has 26 heavy (non-hydrogen) atoms. The summed E-state index contributed by atoms with van der Waals surface area (Å²) in [5.74, 6) is 0.781. The molecule has 3 aromatic rings. The van der Waals surface area contributed by atoms with Crippen molar-refractivity contribution < 1.29 is 9.53 Å². The molecule has 0 atom stereocenters. The number of halogens is 1. The smallest absolute Gasteiger partial charge is 0.230 e. The van der Waals surface area contributed by atoms with Crippen LogP contribution in [0.3, 0.4) is 0 Å². The number of ether oxygens (including phenoxy) is 1. The van der Waals surface area contributed by atoms with E-state index in [1.807, 2.05) is 56.3 Å². The number of nitrogens with one attached hydrogen (secondary N) is 1. The van der Waals surface area contributed by atoms with E-state index in [0.717, 1.165) is 37.5 Å². The molecule has 1 heterocycles. The van der Waals surface area contributed by atoms with Gasteiger partial charge in [0, 0.05) is 14.9 Å². The van der Waals surface area contributed by atoms with Gasteiger partial charge in [-0.15, -0.1) is 11.3 Å². The molecule has 0 bridgehead atoms. The van der Waals surface area contributed by atoms with Crippen LogP contribution in [0.15, 0.2) is 46.9 Å². The Balaban J connectivity index is 1.74. The SMILES string of the molecule is COc1ccc(-c2nc(NC(=O)Cc3ccc(Br)cc3)sc2C)cc1C. The van der Waals surface area contributed by atoms with E-state index in [2.05, 4.69) is 26.2 Å². The number of carbonyl (C=O) groups is 1. The van der Waals surface area contributed by atoms with Gasteiger partial charge in [0.05, 0.1) is 19.2 Å². The normalized spacial score (nSPS) is 10.6. The van der Waals surface area contributed by atoms with Crippen molar-refractivity contribution in [2.24, 2.45) is 0 Å². The highest BCUT2D eigenvalue weighted by Crippen LogP contribution is 2.32. The Morgan fingerprint density at radius 1 is 1.19 bits per heavy atom. The van der Waals surface area contributed by atoms with Crippen LogP contribution in [0.1, 0.15) is 16.0 Å². The average Bonchev–Trinajstić information content (AvgIpc) is 2.97. The summed E-state index contributed by atoms with van der Waals surface area (Å²) in [4.78, 5) is 18.0. The minimum Gasteiger partial charge on any atom is -0.496 e. The molecule has 6 heteroatoms. The number of carbonyl (C=O) groups excluding carboxylic acids is 1. The van der Waals surface area contributed by atoms with Crippen LogP contribution in [-0.2, 0) is 11.2 Å². The Kier molecular flexibility index (Phi) is 5.74. The zero-order valence-electron chi connectivity index (χ0n) is 14.8. The number of methoxy groups -OCH3 is 1. The fraction of sp³-hybridized carbons (Fsp3) is 0.200. The zero-order valence-corrected chi connectivity index (χ0v) is 17.2. The van der Waals surface area contributed by atoms with Gasteiger partial charge in [-0.1, -0.05) is 28.1 Å². The van der Waals surface area contributed by atoms with E-state index in [0.29, 0.717) is 11.6 Å². The van der Waals surface area contributed by atoms with Crippen molar-refractivity contribution in [3.63, 3.8) is 0 Å². The van der Waals surface area contributed by atoms with Crippen molar-refractivity contribution in [3.8, 4) is 17.0 Å². The van der Waals surface area contributed by atoms with E-state index in [1.54, 1.807) is 7.11 Å². The van der Waals surface area contributed by atoms with E-state index < -0.39 is 0 Å². The molecule has 2 aromatic carbocycles. The van der Waals surface area contributed by atoms with Gasteiger partial charge < -0.3 is 10.1 Å². The second-order valence-electron chi connectivity index (χ2n) is 5.96. The number of amides is 1. The van der Waals surface area contributed by atoms with Crippen LogP contribution in [0.5, 0.6) is 5.75 Å². The molecular weight excluding hydrogens is 412 g/mol. The standard InChI is InChI=1S/C20H19BrN2O2S/c1-12-10-15(6-9-17(12)25-3)19-13(2)26-20(23-19)22-18(24)11-14-4-7-16(21)8-5-14/h4-10H,11H2,1-3H3,(H,22,23,24). The number of thiazole rings is 1. The molecule has 1 N–H and O–H groups in total. The van der Waals surface area contributed by atoms with Gasteiger partial charge in [-0.25, -0.2) is 4.98 Å². The van der Waals surface area contributed by atoms with Crippen LogP contribution in [-0.4, -0.2) is 18.0 Å². The first-order valence-corrected chi connectivity index (χ1v) is 9.74. The van der Waals surface area contributed by atoms with Crippen LogP contribution in [0.2, 0.25) is 0 Å². The van der Waals surface area contributed by atoms with Gasteiger partial charge >= 0.3 is 0 Å². The molecule has 0 spiro atoms. The molecule has 0 aliphatic heterocycles. The molecule has 0 fully saturated rings. The quantitative estimate of drug-likeness (QED) is 0.590. The summed E-state index contributed by atoms with van der Waals surface area (Å²) in [7, 11) is 1.66. The highest BCUT2D eigenvalue weighted by atomic mass is 79.9. The number of hydrogen-bond donors (Lipinski definition) is 1. The van der Waals surface area contributed by atoms with Crippen molar-refractivity contribution in [3.05, 3.63) is 62.9 Å². The largest absolute Gasteiger partial charge is 0.496 e. The lowest BCUT2D eigenvalue weighted by molar-refractivity contribution is -0.115. The Morgan fingerprint density at radius 3 is 2.58 bits per heavy atom. The number of hydrogen-bond acceptors (Lipinski definition) is 4. The van der Waals surface area contributed by atoms with E-state index in [9.17, 15) is 4.79 Å². The molecule has 3 rings (SSSR count). The molecule has 0 radical (unpaired) electrons. The summed E-state index contributed by atoms with van der Waals surface area (Å²) in [5, 5.41) is 3.52.